The molecule has 2 saturated heterocycles. The third kappa shape index (κ3) is 2.05. The molecule has 0 aromatic heterocycles. The van der Waals surface area contributed by atoms with Crippen LogP contribution in [0.5, 0.6) is 0 Å². The van der Waals surface area contributed by atoms with Crippen LogP contribution < -0.4 is 5.32 Å². The second kappa shape index (κ2) is 4.40. The van der Waals surface area contributed by atoms with Crippen molar-refractivity contribution in [2.24, 2.45) is 5.92 Å². The van der Waals surface area contributed by atoms with Gasteiger partial charge in [-0.3, -0.25) is 0 Å². The first-order valence-electron chi connectivity index (χ1n) is 6.39. The van der Waals surface area contributed by atoms with Crippen molar-refractivity contribution in [2.45, 2.75) is 50.3 Å². The third-order valence-corrected chi connectivity index (χ3v) is 4.16. The van der Waals surface area contributed by atoms with Crippen molar-refractivity contribution in [3.05, 3.63) is 0 Å². The van der Waals surface area contributed by atoms with E-state index >= 15 is 0 Å². The van der Waals surface area contributed by atoms with Gasteiger partial charge in [-0.2, -0.15) is 0 Å². The van der Waals surface area contributed by atoms with Crippen molar-refractivity contribution in [1.29, 1.82) is 0 Å². The average molecular weight is 211 g/mol. The Hall–Kier alpha value is -0.120. The van der Waals surface area contributed by atoms with E-state index in [0.29, 0.717) is 18.2 Å². The van der Waals surface area contributed by atoms with Crippen molar-refractivity contribution in [3.63, 3.8) is 0 Å². The Morgan fingerprint density at radius 3 is 2.87 bits per heavy atom. The quantitative estimate of drug-likeness (QED) is 0.747. The minimum atomic E-state index is 0.554. The van der Waals surface area contributed by atoms with Crippen molar-refractivity contribution in [3.8, 4) is 0 Å². The van der Waals surface area contributed by atoms with Crippen molar-refractivity contribution >= 4 is 0 Å². The van der Waals surface area contributed by atoms with E-state index in [1.807, 2.05) is 0 Å². The van der Waals surface area contributed by atoms with E-state index in [2.05, 4.69) is 5.32 Å². The second-order valence-electron chi connectivity index (χ2n) is 5.13. The summed E-state index contributed by atoms with van der Waals surface area (Å²) in [7, 11) is 0. The summed E-state index contributed by atoms with van der Waals surface area (Å²) < 4.78 is 11.2. The summed E-state index contributed by atoms with van der Waals surface area (Å²) in [5.41, 5.74) is 0. The molecule has 3 heteroatoms. The predicted octanol–water partition coefficient (Wildman–Crippen LogP) is 1.32. The Morgan fingerprint density at radius 1 is 1.00 bits per heavy atom. The van der Waals surface area contributed by atoms with Gasteiger partial charge in [0.15, 0.2) is 0 Å². The molecular formula is C12H21NO2. The SMILES string of the molecule is C1CC(NC2CCOC2)C2CCOC2C1. The lowest BCUT2D eigenvalue weighted by molar-refractivity contribution is 0.0505. The molecule has 1 aliphatic carbocycles. The van der Waals surface area contributed by atoms with Crippen LogP contribution in [0.4, 0.5) is 0 Å². The fourth-order valence-corrected chi connectivity index (χ4v) is 3.35. The zero-order chi connectivity index (χ0) is 10.1. The molecule has 0 bridgehead atoms. The lowest BCUT2D eigenvalue weighted by atomic mass is 9.81. The Kier molecular flexibility index (Phi) is 2.95. The second-order valence-corrected chi connectivity index (χ2v) is 5.13. The standard InChI is InChI=1S/C12H21NO2/c1-2-11(13-9-4-6-14-8-9)10-5-7-15-12(10)3-1/h9-13H,1-8H2. The van der Waals surface area contributed by atoms with E-state index in [1.54, 1.807) is 0 Å². The minimum absolute atomic E-state index is 0.554. The number of rotatable bonds is 2. The van der Waals surface area contributed by atoms with Crippen LogP contribution in [-0.2, 0) is 9.47 Å². The Balaban J connectivity index is 1.59. The smallest absolute Gasteiger partial charge is 0.0620 e. The van der Waals surface area contributed by atoms with Crippen LogP contribution in [-0.4, -0.2) is 38.0 Å². The first-order valence-corrected chi connectivity index (χ1v) is 6.39. The van der Waals surface area contributed by atoms with Gasteiger partial charge in [-0.05, 0) is 32.1 Å². The van der Waals surface area contributed by atoms with Gasteiger partial charge >= 0.3 is 0 Å². The molecule has 3 aliphatic rings. The first-order chi connectivity index (χ1) is 7.43. The monoisotopic (exact) mass is 211 g/mol. The highest BCUT2D eigenvalue weighted by Crippen LogP contribution is 2.34. The fourth-order valence-electron chi connectivity index (χ4n) is 3.35. The maximum Gasteiger partial charge on any atom is 0.0620 e. The van der Waals surface area contributed by atoms with Gasteiger partial charge in [0.25, 0.3) is 0 Å². The molecule has 4 unspecified atom stereocenters. The van der Waals surface area contributed by atoms with Crippen LogP contribution in [0.25, 0.3) is 0 Å². The average Bonchev–Trinajstić information content (AvgIpc) is 2.87. The summed E-state index contributed by atoms with van der Waals surface area (Å²) in [6, 6.07) is 1.30. The van der Waals surface area contributed by atoms with Crippen LogP contribution >= 0.6 is 0 Å². The number of nitrogens with one attached hydrogen (secondary N) is 1. The molecule has 4 atom stereocenters. The molecule has 1 N–H and O–H groups in total. The summed E-state index contributed by atoms with van der Waals surface area (Å²) in [5, 5.41) is 3.78. The Morgan fingerprint density at radius 2 is 2.00 bits per heavy atom. The number of hydrogen-bond acceptors (Lipinski definition) is 3. The molecule has 0 amide bonds. The summed E-state index contributed by atoms with van der Waals surface area (Å²) >= 11 is 0. The van der Waals surface area contributed by atoms with Crippen molar-refractivity contribution < 1.29 is 9.47 Å². The van der Waals surface area contributed by atoms with Gasteiger partial charge in [0, 0.05) is 31.2 Å². The highest BCUT2D eigenvalue weighted by molar-refractivity contribution is 4.92. The highest BCUT2D eigenvalue weighted by Gasteiger charge is 2.38. The molecule has 0 radical (unpaired) electrons. The van der Waals surface area contributed by atoms with Gasteiger partial charge in [-0.1, -0.05) is 0 Å². The maximum absolute atomic E-state index is 5.78. The van der Waals surface area contributed by atoms with Crippen LogP contribution in [0.15, 0.2) is 0 Å². The van der Waals surface area contributed by atoms with Gasteiger partial charge in [0.1, 0.15) is 0 Å². The minimum Gasteiger partial charge on any atom is -0.380 e. The first kappa shape index (κ1) is 10.1. The highest BCUT2D eigenvalue weighted by atomic mass is 16.5. The Bertz CT molecular complexity index is 216. The Labute approximate surface area is 91.5 Å². The summed E-state index contributed by atoms with van der Waals surface area (Å²) in [4.78, 5) is 0. The predicted molar refractivity (Wildman–Crippen MR) is 57.8 cm³/mol. The molecule has 1 saturated carbocycles. The van der Waals surface area contributed by atoms with E-state index in [-0.39, 0.29) is 0 Å². The van der Waals surface area contributed by atoms with Gasteiger partial charge in [0.2, 0.25) is 0 Å². The molecule has 15 heavy (non-hydrogen) atoms. The van der Waals surface area contributed by atoms with Gasteiger partial charge < -0.3 is 14.8 Å². The van der Waals surface area contributed by atoms with Gasteiger partial charge in [-0.15, -0.1) is 0 Å². The summed E-state index contributed by atoms with van der Waals surface area (Å²) in [6.07, 6.45) is 6.95. The lowest BCUT2D eigenvalue weighted by Gasteiger charge is -2.34. The molecule has 3 fully saturated rings. The van der Waals surface area contributed by atoms with Crippen LogP contribution in [0, 0.1) is 5.92 Å². The van der Waals surface area contributed by atoms with E-state index in [9.17, 15) is 0 Å². The van der Waals surface area contributed by atoms with Gasteiger partial charge in [-0.25, -0.2) is 0 Å². The molecule has 2 heterocycles. The molecule has 0 spiro atoms. The molecule has 0 aromatic rings. The fraction of sp³-hybridized carbons (Fsp3) is 1.00. The summed E-state index contributed by atoms with van der Waals surface area (Å²) in [6.45, 7) is 2.83. The lowest BCUT2D eigenvalue weighted by Crippen LogP contribution is -2.47. The maximum atomic E-state index is 5.78. The molecule has 2 aliphatic heterocycles. The molecule has 3 rings (SSSR count). The van der Waals surface area contributed by atoms with E-state index in [4.69, 9.17) is 9.47 Å². The normalized spacial score (nSPS) is 45.6. The van der Waals surface area contributed by atoms with Crippen LogP contribution in [0.2, 0.25) is 0 Å². The molecule has 3 nitrogen and oxygen atoms in total. The van der Waals surface area contributed by atoms with Gasteiger partial charge in [0.05, 0.1) is 12.7 Å². The number of fused-ring (bicyclic) bond motifs is 1. The topological polar surface area (TPSA) is 30.5 Å². The van der Waals surface area contributed by atoms with E-state index < -0.39 is 0 Å². The molecular weight excluding hydrogens is 190 g/mol. The van der Waals surface area contributed by atoms with Crippen molar-refractivity contribution in [2.75, 3.05) is 19.8 Å². The van der Waals surface area contributed by atoms with E-state index in [1.165, 1.54) is 32.1 Å². The summed E-state index contributed by atoms with van der Waals surface area (Å²) in [5.74, 6) is 0.777. The zero-order valence-corrected chi connectivity index (χ0v) is 9.28. The largest absolute Gasteiger partial charge is 0.380 e. The third-order valence-electron chi connectivity index (χ3n) is 4.16. The van der Waals surface area contributed by atoms with E-state index in [0.717, 1.165) is 25.7 Å². The number of hydrogen-bond donors (Lipinski definition) is 1. The molecule has 86 valence electrons. The number of ether oxygens (including phenoxy) is 2. The van der Waals surface area contributed by atoms with Crippen LogP contribution in [0.1, 0.15) is 32.1 Å². The zero-order valence-electron chi connectivity index (χ0n) is 9.28. The van der Waals surface area contributed by atoms with Crippen molar-refractivity contribution in [1.82, 2.24) is 5.32 Å². The molecule has 0 aromatic carbocycles. The van der Waals surface area contributed by atoms with Crippen LogP contribution in [0.3, 0.4) is 0 Å².